The summed E-state index contributed by atoms with van der Waals surface area (Å²) in [6.07, 6.45) is 0. The van der Waals surface area contributed by atoms with Gasteiger partial charge in [-0.25, -0.2) is 0 Å². The summed E-state index contributed by atoms with van der Waals surface area (Å²) in [5.74, 6) is 1.65. The Morgan fingerprint density at radius 1 is 1.38 bits per heavy atom. The third kappa shape index (κ3) is 4.60. The molecule has 0 saturated heterocycles. The highest BCUT2D eigenvalue weighted by Gasteiger charge is 1.89. The predicted octanol–water partition coefficient (Wildman–Crippen LogP) is 2.51. The summed E-state index contributed by atoms with van der Waals surface area (Å²) < 4.78 is 5.41. The molecule has 0 saturated carbocycles. The van der Waals surface area contributed by atoms with E-state index in [-0.39, 0.29) is 0 Å². The molecule has 0 heterocycles. The van der Waals surface area contributed by atoms with Crippen molar-refractivity contribution in [1.82, 2.24) is 0 Å². The van der Waals surface area contributed by atoms with Crippen LogP contribution in [-0.2, 0) is 0 Å². The second kappa shape index (κ2) is 5.67. The lowest BCUT2D eigenvalue weighted by atomic mass is 10.3. The van der Waals surface area contributed by atoms with Gasteiger partial charge in [0.2, 0.25) is 0 Å². The number of aliphatic hydroxyl groups excluding tert-OH is 1. The molecule has 0 fully saturated rings. The topological polar surface area (TPSA) is 29.5 Å². The van der Waals surface area contributed by atoms with Crippen molar-refractivity contribution >= 4 is 16.4 Å². The van der Waals surface area contributed by atoms with Crippen molar-refractivity contribution < 1.29 is 9.84 Å². The first-order valence-electron chi connectivity index (χ1n) is 4.12. The molecule has 0 atom stereocenters. The van der Waals surface area contributed by atoms with Crippen LogP contribution in [0.5, 0.6) is 5.75 Å². The standard InChI is InChI=1S/C10H13O2S/c1-9(11)13-8-7-12-10-5-3-2-4-6-10/h2-6,11H,7-8H2,1H3. The van der Waals surface area contributed by atoms with E-state index in [1.54, 1.807) is 6.92 Å². The van der Waals surface area contributed by atoms with E-state index in [2.05, 4.69) is 0 Å². The second-order valence-corrected chi connectivity index (χ2v) is 3.82. The number of para-hydroxylation sites is 1. The Morgan fingerprint density at radius 3 is 2.69 bits per heavy atom. The Hall–Kier alpha value is -0.930. The Balaban J connectivity index is 2.25. The number of benzene rings is 1. The van der Waals surface area contributed by atoms with Crippen LogP contribution in [0.4, 0.5) is 0 Å². The molecule has 0 amide bonds. The molecule has 2 nitrogen and oxygen atoms in total. The van der Waals surface area contributed by atoms with Gasteiger partial charge in [0.05, 0.1) is 5.05 Å². The monoisotopic (exact) mass is 197 g/mol. The van der Waals surface area contributed by atoms with E-state index in [0.717, 1.165) is 11.5 Å². The Labute approximate surface area is 82.1 Å². The molecule has 0 aliphatic rings. The van der Waals surface area contributed by atoms with E-state index in [4.69, 9.17) is 9.84 Å². The summed E-state index contributed by atoms with van der Waals surface area (Å²) in [7, 11) is 0. The molecule has 1 radical (unpaired) electrons. The van der Waals surface area contributed by atoms with E-state index in [1.807, 2.05) is 30.3 Å². The minimum atomic E-state index is 0.386. The first-order valence-corrected chi connectivity index (χ1v) is 5.11. The van der Waals surface area contributed by atoms with Crippen molar-refractivity contribution in [1.29, 1.82) is 0 Å². The van der Waals surface area contributed by atoms with Crippen molar-refractivity contribution in [3.63, 3.8) is 0 Å². The Kier molecular flexibility index (Phi) is 4.43. The highest BCUT2D eigenvalue weighted by molar-refractivity contribution is 7.98. The van der Waals surface area contributed by atoms with Crippen molar-refractivity contribution in [2.75, 3.05) is 12.4 Å². The smallest absolute Gasteiger partial charge is 0.119 e. The lowest BCUT2D eigenvalue weighted by Crippen LogP contribution is -1.99. The Bertz CT molecular complexity index is 266. The molecule has 1 rings (SSSR count). The molecule has 0 spiro atoms. The molecule has 1 N–H and O–H groups in total. The third-order valence-electron chi connectivity index (χ3n) is 1.41. The molecule has 1 aromatic rings. The summed E-state index contributed by atoms with van der Waals surface area (Å²) in [5, 5.41) is 9.26. The molecule has 3 heteroatoms. The van der Waals surface area contributed by atoms with E-state index in [0.29, 0.717) is 11.7 Å². The van der Waals surface area contributed by atoms with Crippen LogP contribution in [0.1, 0.15) is 6.92 Å². The summed E-state index contributed by atoms with van der Waals surface area (Å²) in [6.45, 7) is 2.29. The fourth-order valence-corrected chi connectivity index (χ4v) is 1.33. The van der Waals surface area contributed by atoms with E-state index >= 15 is 0 Å². The van der Waals surface area contributed by atoms with Crippen LogP contribution in [0.3, 0.4) is 0 Å². The zero-order chi connectivity index (χ0) is 9.52. The van der Waals surface area contributed by atoms with Gasteiger partial charge in [-0.1, -0.05) is 18.2 Å². The third-order valence-corrected chi connectivity index (χ3v) is 2.19. The number of ether oxygens (including phenoxy) is 1. The average Bonchev–Trinajstić information content (AvgIpc) is 2.14. The number of rotatable bonds is 4. The van der Waals surface area contributed by atoms with Crippen molar-refractivity contribution in [3.05, 3.63) is 30.3 Å². The molecule has 1 aromatic carbocycles. The predicted molar refractivity (Wildman–Crippen MR) is 57.7 cm³/mol. The number of hydrogen-bond donors (Lipinski definition) is 1. The SMILES string of the molecule is CC(O)=[S]CCOc1ccccc1. The fourth-order valence-electron chi connectivity index (χ4n) is 0.866. The van der Waals surface area contributed by atoms with Crippen LogP contribution in [0.15, 0.2) is 30.3 Å². The maximum atomic E-state index is 8.87. The van der Waals surface area contributed by atoms with Gasteiger partial charge < -0.3 is 9.84 Å². The summed E-state index contributed by atoms with van der Waals surface area (Å²) in [6, 6.07) is 9.66. The van der Waals surface area contributed by atoms with Crippen LogP contribution in [-0.4, -0.2) is 22.5 Å². The Morgan fingerprint density at radius 2 is 2.08 bits per heavy atom. The maximum Gasteiger partial charge on any atom is 0.119 e. The lowest BCUT2D eigenvalue weighted by molar-refractivity contribution is 0.344. The highest BCUT2D eigenvalue weighted by atomic mass is 32.1. The minimum absolute atomic E-state index is 0.386. The van der Waals surface area contributed by atoms with Crippen molar-refractivity contribution in [2.24, 2.45) is 0 Å². The summed E-state index contributed by atoms with van der Waals surface area (Å²) in [5.41, 5.74) is 0. The lowest BCUT2D eigenvalue weighted by Gasteiger charge is -2.02. The van der Waals surface area contributed by atoms with Crippen LogP contribution < -0.4 is 4.74 Å². The van der Waals surface area contributed by atoms with Crippen molar-refractivity contribution in [3.8, 4) is 5.75 Å². The largest absolute Gasteiger partial charge is 0.492 e. The molecule has 13 heavy (non-hydrogen) atoms. The zero-order valence-electron chi connectivity index (χ0n) is 7.56. The second-order valence-electron chi connectivity index (χ2n) is 2.53. The highest BCUT2D eigenvalue weighted by Crippen LogP contribution is 2.08. The quantitative estimate of drug-likeness (QED) is 0.593. The van der Waals surface area contributed by atoms with Gasteiger partial charge in [-0.3, -0.25) is 0 Å². The maximum absolute atomic E-state index is 8.87. The number of hydrogen-bond acceptors (Lipinski definition) is 1. The van der Waals surface area contributed by atoms with Gasteiger partial charge in [-0.15, -0.1) is 0 Å². The molecular formula is C10H13O2S. The van der Waals surface area contributed by atoms with Crippen LogP contribution in [0, 0.1) is 0 Å². The van der Waals surface area contributed by atoms with E-state index in [9.17, 15) is 0 Å². The summed E-state index contributed by atoms with van der Waals surface area (Å²) in [4.78, 5) is 0. The fraction of sp³-hybridized carbons (Fsp3) is 0.300. The van der Waals surface area contributed by atoms with Gasteiger partial charge in [0.25, 0.3) is 0 Å². The van der Waals surface area contributed by atoms with E-state index in [1.165, 1.54) is 11.4 Å². The average molecular weight is 197 g/mol. The molecule has 0 bridgehead atoms. The van der Waals surface area contributed by atoms with Gasteiger partial charge in [0, 0.05) is 5.75 Å². The summed E-state index contributed by atoms with van der Waals surface area (Å²) >= 11 is 1.40. The molecular weight excluding hydrogens is 184 g/mol. The van der Waals surface area contributed by atoms with Gasteiger partial charge in [-0.05, 0) is 19.1 Å². The minimum Gasteiger partial charge on any atom is -0.492 e. The van der Waals surface area contributed by atoms with Crippen molar-refractivity contribution in [2.45, 2.75) is 6.92 Å². The molecule has 0 aliphatic heterocycles. The molecule has 0 aromatic heterocycles. The van der Waals surface area contributed by atoms with Gasteiger partial charge in [-0.2, -0.15) is 11.4 Å². The van der Waals surface area contributed by atoms with Crippen LogP contribution in [0.25, 0.3) is 0 Å². The molecule has 71 valence electrons. The van der Waals surface area contributed by atoms with Crippen LogP contribution in [0.2, 0.25) is 0 Å². The normalized spacial score (nSPS) is 11.4. The van der Waals surface area contributed by atoms with E-state index < -0.39 is 0 Å². The number of aliphatic hydroxyl groups is 1. The van der Waals surface area contributed by atoms with Gasteiger partial charge >= 0.3 is 0 Å². The van der Waals surface area contributed by atoms with Crippen LogP contribution >= 0.6 is 11.4 Å². The molecule has 0 unspecified atom stereocenters. The van der Waals surface area contributed by atoms with Gasteiger partial charge in [0.1, 0.15) is 12.4 Å². The molecule has 0 aliphatic carbocycles. The zero-order valence-corrected chi connectivity index (χ0v) is 8.38. The van der Waals surface area contributed by atoms with Gasteiger partial charge in [0.15, 0.2) is 0 Å². The first-order chi connectivity index (χ1) is 6.29. The first kappa shape index (κ1) is 10.2.